The van der Waals surface area contributed by atoms with E-state index in [1.165, 1.54) is 6.11 Å². The average Bonchev–Trinajstić information content (AvgIpc) is 2.28. The van der Waals surface area contributed by atoms with E-state index >= 15 is 0 Å². The maximum absolute atomic E-state index is 11.4. The van der Waals surface area contributed by atoms with Crippen LogP contribution in [0.4, 0.5) is 0 Å². The first-order chi connectivity index (χ1) is 7.26. The summed E-state index contributed by atoms with van der Waals surface area (Å²) in [5.74, 6) is 0.262. The van der Waals surface area contributed by atoms with E-state index in [4.69, 9.17) is 5.11 Å². The lowest BCUT2D eigenvalue weighted by molar-refractivity contribution is 0.0980. The van der Waals surface area contributed by atoms with Gasteiger partial charge in [-0.2, -0.15) is 0 Å². The molecule has 1 aromatic carbocycles. The first-order valence-electron chi connectivity index (χ1n) is 4.94. The van der Waals surface area contributed by atoms with Crippen molar-refractivity contribution >= 4 is 5.78 Å². The third-order valence-corrected chi connectivity index (χ3v) is 1.85. The first-order valence-corrected chi connectivity index (χ1v) is 4.94. The molecule has 0 fully saturated rings. The zero-order valence-electron chi connectivity index (χ0n) is 8.94. The average molecular weight is 204 g/mol. The highest BCUT2D eigenvalue weighted by molar-refractivity contribution is 5.95. The molecule has 1 aromatic rings. The summed E-state index contributed by atoms with van der Waals surface area (Å²) in [5.41, 5.74) is 0.839. The number of unbranched alkanes of at least 4 members (excludes halogenated alkanes) is 1. The molecule has 0 aliphatic rings. The maximum Gasteiger partial charge on any atom is 0.162 e. The van der Waals surface area contributed by atoms with Crippen LogP contribution in [0.2, 0.25) is 0 Å². The van der Waals surface area contributed by atoms with Crippen LogP contribution in [0.5, 0.6) is 0 Å². The van der Waals surface area contributed by atoms with Crippen molar-refractivity contribution in [1.29, 1.82) is 0 Å². The fourth-order valence-electron chi connectivity index (χ4n) is 1.11. The number of terminal acetylenes is 1. The van der Waals surface area contributed by atoms with Crippen molar-refractivity contribution in [2.75, 3.05) is 0 Å². The molecular formula is C13H16O2. The molecule has 1 rings (SSSR count). The number of rotatable bonds is 4. The van der Waals surface area contributed by atoms with Gasteiger partial charge >= 0.3 is 0 Å². The van der Waals surface area contributed by atoms with Crippen molar-refractivity contribution < 1.29 is 9.90 Å². The Kier molecular flexibility index (Phi) is 7.80. The molecule has 15 heavy (non-hydrogen) atoms. The third-order valence-electron chi connectivity index (χ3n) is 1.85. The summed E-state index contributed by atoms with van der Waals surface area (Å²) < 4.78 is 0. The predicted octanol–water partition coefficient (Wildman–Crippen LogP) is 3.01. The summed E-state index contributed by atoms with van der Waals surface area (Å²) >= 11 is 0. The molecular weight excluding hydrogens is 188 g/mol. The van der Waals surface area contributed by atoms with E-state index in [0.29, 0.717) is 6.42 Å². The molecule has 1 N–H and O–H groups in total. The molecule has 0 saturated heterocycles. The minimum absolute atomic E-state index is 0.262. The minimum Gasteiger partial charge on any atom is -0.462 e. The van der Waals surface area contributed by atoms with Crippen LogP contribution in [0, 0.1) is 12.5 Å². The van der Waals surface area contributed by atoms with Gasteiger partial charge in [0.1, 0.15) is 6.11 Å². The van der Waals surface area contributed by atoms with Crippen LogP contribution in [0.3, 0.4) is 0 Å². The van der Waals surface area contributed by atoms with E-state index in [0.717, 1.165) is 18.4 Å². The Morgan fingerprint density at radius 1 is 1.40 bits per heavy atom. The molecule has 2 heteroatoms. The molecule has 0 bridgehead atoms. The monoisotopic (exact) mass is 204 g/mol. The Morgan fingerprint density at radius 3 is 2.40 bits per heavy atom. The highest BCUT2D eigenvalue weighted by atomic mass is 16.2. The molecule has 0 aliphatic carbocycles. The van der Waals surface area contributed by atoms with Crippen LogP contribution in [0.15, 0.2) is 30.3 Å². The number of hydrogen-bond acceptors (Lipinski definition) is 2. The number of aliphatic hydroxyl groups is 1. The molecule has 0 saturated carbocycles. The lowest BCUT2D eigenvalue weighted by Gasteiger charge is -1.97. The fraction of sp³-hybridized carbons (Fsp3) is 0.308. The molecule has 0 heterocycles. The molecule has 80 valence electrons. The third kappa shape index (κ3) is 6.34. The quantitative estimate of drug-likeness (QED) is 0.604. The van der Waals surface area contributed by atoms with Crippen LogP contribution in [-0.2, 0) is 0 Å². The summed E-state index contributed by atoms with van der Waals surface area (Å²) in [7, 11) is 0. The Bertz CT molecular complexity index is 309. The van der Waals surface area contributed by atoms with Gasteiger partial charge in [-0.3, -0.25) is 4.79 Å². The lowest BCUT2D eigenvalue weighted by Crippen LogP contribution is -1.97. The lowest BCUT2D eigenvalue weighted by atomic mass is 10.1. The van der Waals surface area contributed by atoms with Gasteiger partial charge in [-0.25, -0.2) is 0 Å². The van der Waals surface area contributed by atoms with Gasteiger partial charge in [-0.15, -0.1) is 0 Å². The Hall–Kier alpha value is -1.75. The Balaban J connectivity index is 0.000000583. The molecule has 2 nitrogen and oxygen atoms in total. The molecule has 0 aliphatic heterocycles. The zero-order chi connectivity index (χ0) is 11.5. The smallest absolute Gasteiger partial charge is 0.162 e. The van der Waals surface area contributed by atoms with Gasteiger partial charge in [-0.1, -0.05) is 50.1 Å². The summed E-state index contributed by atoms with van der Waals surface area (Å²) in [4.78, 5) is 11.4. The van der Waals surface area contributed by atoms with E-state index in [1.54, 1.807) is 0 Å². The standard InChI is InChI=1S/C11H14O.C2H2O/c1-2-3-9-11(12)10-7-5-4-6-8-10;1-2-3/h4-8H,2-3,9H2,1H3;1,3H. The van der Waals surface area contributed by atoms with E-state index < -0.39 is 0 Å². The number of Topliss-reactive ketones (excluding diaryl/α,β-unsaturated/α-hetero) is 1. The highest BCUT2D eigenvalue weighted by Gasteiger charge is 2.02. The highest BCUT2D eigenvalue weighted by Crippen LogP contribution is 2.05. The number of carbonyl (C=O) groups is 1. The van der Waals surface area contributed by atoms with Gasteiger partial charge in [0.15, 0.2) is 5.78 Å². The van der Waals surface area contributed by atoms with Crippen molar-refractivity contribution in [1.82, 2.24) is 0 Å². The zero-order valence-corrected chi connectivity index (χ0v) is 8.94. The van der Waals surface area contributed by atoms with Gasteiger partial charge in [0.2, 0.25) is 0 Å². The topological polar surface area (TPSA) is 37.3 Å². The second-order valence-electron chi connectivity index (χ2n) is 3.02. The van der Waals surface area contributed by atoms with Crippen LogP contribution in [0.25, 0.3) is 0 Å². The molecule has 0 radical (unpaired) electrons. The second-order valence-corrected chi connectivity index (χ2v) is 3.02. The van der Waals surface area contributed by atoms with E-state index in [1.807, 2.05) is 30.3 Å². The summed E-state index contributed by atoms with van der Waals surface area (Å²) in [6.45, 7) is 2.10. The van der Waals surface area contributed by atoms with E-state index in [9.17, 15) is 4.79 Å². The number of hydrogen-bond donors (Lipinski definition) is 1. The van der Waals surface area contributed by atoms with Crippen LogP contribution >= 0.6 is 0 Å². The summed E-state index contributed by atoms with van der Waals surface area (Å²) in [5, 5.41) is 7.10. The van der Waals surface area contributed by atoms with Gasteiger partial charge in [0, 0.05) is 12.0 Å². The minimum atomic E-state index is 0.262. The normalized spacial score (nSPS) is 8.27. The summed E-state index contributed by atoms with van der Waals surface area (Å²) in [6.07, 6.45) is 8.16. The van der Waals surface area contributed by atoms with E-state index in [-0.39, 0.29) is 5.78 Å². The Morgan fingerprint density at radius 2 is 1.93 bits per heavy atom. The van der Waals surface area contributed by atoms with Gasteiger partial charge in [0.25, 0.3) is 0 Å². The van der Waals surface area contributed by atoms with Gasteiger partial charge < -0.3 is 5.11 Å². The largest absolute Gasteiger partial charge is 0.462 e. The van der Waals surface area contributed by atoms with Crippen molar-refractivity contribution in [3.8, 4) is 12.5 Å². The second kappa shape index (κ2) is 8.83. The van der Waals surface area contributed by atoms with Crippen molar-refractivity contribution in [2.24, 2.45) is 0 Å². The number of carbonyl (C=O) groups excluding carboxylic acids is 1. The maximum atomic E-state index is 11.4. The van der Waals surface area contributed by atoms with Crippen LogP contribution in [0.1, 0.15) is 36.5 Å². The first kappa shape index (κ1) is 13.2. The number of aliphatic hydroxyl groups excluding tert-OH is 1. The van der Waals surface area contributed by atoms with Crippen molar-refractivity contribution in [3.63, 3.8) is 0 Å². The number of benzene rings is 1. The molecule has 0 aromatic heterocycles. The number of ketones is 1. The van der Waals surface area contributed by atoms with Crippen LogP contribution < -0.4 is 0 Å². The Labute approximate surface area is 90.9 Å². The molecule has 0 amide bonds. The van der Waals surface area contributed by atoms with Crippen LogP contribution in [-0.4, -0.2) is 10.9 Å². The van der Waals surface area contributed by atoms with Crippen molar-refractivity contribution in [3.05, 3.63) is 35.9 Å². The fourth-order valence-corrected chi connectivity index (χ4v) is 1.11. The van der Waals surface area contributed by atoms with E-state index in [2.05, 4.69) is 13.3 Å². The molecule has 0 spiro atoms. The molecule has 0 unspecified atom stereocenters. The van der Waals surface area contributed by atoms with Gasteiger partial charge in [-0.05, 0) is 6.42 Å². The van der Waals surface area contributed by atoms with Gasteiger partial charge in [0.05, 0.1) is 0 Å². The summed E-state index contributed by atoms with van der Waals surface area (Å²) in [6, 6.07) is 9.48. The molecule has 0 atom stereocenters. The predicted molar refractivity (Wildman–Crippen MR) is 61.1 cm³/mol. The SMILES string of the molecule is C#CO.CCCCC(=O)c1ccccc1. The van der Waals surface area contributed by atoms with Crippen molar-refractivity contribution in [2.45, 2.75) is 26.2 Å².